The van der Waals surface area contributed by atoms with Gasteiger partial charge in [0.05, 0.1) is 23.7 Å². The van der Waals surface area contributed by atoms with Crippen molar-refractivity contribution in [1.82, 2.24) is 9.55 Å². The van der Waals surface area contributed by atoms with Gasteiger partial charge in [-0.2, -0.15) is 0 Å². The van der Waals surface area contributed by atoms with Crippen molar-refractivity contribution in [3.05, 3.63) is 48.5 Å². The number of imidazole rings is 1. The molecular formula is C17H16N2O3. The fraction of sp³-hybridized carbons (Fsp3) is 0.176. The van der Waals surface area contributed by atoms with Crippen molar-refractivity contribution in [2.45, 2.75) is 13.0 Å². The van der Waals surface area contributed by atoms with Crippen LogP contribution >= 0.6 is 0 Å². The molecule has 5 heteroatoms. The first-order valence-corrected chi connectivity index (χ1v) is 6.96. The zero-order chi connectivity index (χ0) is 15.7. The quantitative estimate of drug-likeness (QED) is 0.802. The summed E-state index contributed by atoms with van der Waals surface area (Å²) in [4.78, 5) is 16.1. The van der Waals surface area contributed by atoms with Crippen LogP contribution in [0.5, 0.6) is 5.75 Å². The van der Waals surface area contributed by atoms with Gasteiger partial charge in [-0.05, 0) is 31.2 Å². The summed E-state index contributed by atoms with van der Waals surface area (Å²) in [6.07, 6.45) is 0. The van der Waals surface area contributed by atoms with Crippen LogP contribution in [0.15, 0.2) is 48.5 Å². The third-order valence-corrected chi connectivity index (χ3v) is 3.69. The lowest BCUT2D eigenvalue weighted by atomic mass is 10.1. The number of fused-ring (bicyclic) bond motifs is 1. The number of ether oxygens (including phenoxy) is 1. The van der Waals surface area contributed by atoms with Crippen LogP contribution in [-0.4, -0.2) is 27.7 Å². The van der Waals surface area contributed by atoms with Crippen molar-refractivity contribution in [2.75, 3.05) is 7.11 Å². The van der Waals surface area contributed by atoms with Crippen LogP contribution < -0.4 is 4.74 Å². The van der Waals surface area contributed by atoms with Gasteiger partial charge in [-0.1, -0.05) is 24.3 Å². The van der Waals surface area contributed by atoms with Crippen LogP contribution in [0.1, 0.15) is 13.0 Å². The number of carboxylic acid groups (broad SMARTS) is 1. The molecule has 0 fully saturated rings. The van der Waals surface area contributed by atoms with E-state index in [1.807, 2.05) is 48.5 Å². The number of methoxy groups -OCH3 is 1. The molecule has 0 bridgehead atoms. The lowest BCUT2D eigenvalue weighted by molar-refractivity contribution is -0.140. The number of aromatic nitrogens is 2. The first-order valence-electron chi connectivity index (χ1n) is 6.96. The topological polar surface area (TPSA) is 64.4 Å². The van der Waals surface area contributed by atoms with E-state index in [0.717, 1.165) is 16.6 Å². The summed E-state index contributed by atoms with van der Waals surface area (Å²) >= 11 is 0. The number of aliphatic carboxylic acids is 1. The molecule has 1 atom stereocenters. The number of hydrogen-bond acceptors (Lipinski definition) is 3. The van der Waals surface area contributed by atoms with Crippen LogP contribution in [-0.2, 0) is 4.79 Å². The Balaban J connectivity index is 2.33. The normalized spacial score (nSPS) is 12.3. The van der Waals surface area contributed by atoms with E-state index >= 15 is 0 Å². The number of carboxylic acids is 1. The van der Waals surface area contributed by atoms with Gasteiger partial charge in [0, 0.05) is 0 Å². The molecule has 1 N–H and O–H groups in total. The van der Waals surface area contributed by atoms with Gasteiger partial charge >= 0.3 is 5.97 Å². The molecule has 0 saturated carbocycles. The SMILES string of the molecule is COc1ccccc1-c1nc2ccccc2n1C(C)C(=O)O. The number of carbonyl (C=O) groups is 1. The van der Waals surface area contributed by atoms with Crippen LogP contribution in [0.25, 0.3) is 22.4 Å². The van der Waals surface area contributed by atoms with Crippen molar-refractivity contribution < 1.29 is 14.6 Å². The summed E-state index contributed by atoms with van der Waals surface area (Å²) in [5, 5.41) is 9.43. The number of nitrogens with zero attached hydrogens (tertiary/aromatic N) is 2. The largest absolute Gasteiger partial charge is 0.496 e. The van der Waals surface area contributed by atoms with E-state index in [4.69, 9.17) is 4.74 Å². The molecule has 2 aromatic carbocycles. The summed E-state index contributed by atoms with van der Waals surface area (Å²) in [6.45, 7) is 1.65. The van der Waals surface area contributed by atoms with Crippen LogP contribution in [0.4, 0.5) is 0 Å². The first kappa shape index (κ1) is 14.1. The molecule has 0 radical (unpaired) electrons. The zero-order valence-corrected chi connectivity index (χ0v) is 12.4. The fourth-order valence-electron chi connectivity index (χ4n) is 2.57. The Morgan fingerprint density at radius 2 is 1.86 bits per heavy atom. The third-order valence-electron chi connectivity index (χ3n) is 3.69. The van der Waals surface area contributed by atoms with Crippen molar-refractivity contribution in [3.8, 4) is 17.1 Å². The number of benzene rings is 2. The molecular weight excluding hydrogens is 280 g/mol. The molecule has 0 aliphatic carbocycles. The minimum atomic E-state index is -0.903. The minimum absolute atomic E-state index is 0.591. The smallest absolute Gasteiger partial charge is 0.326 e. The second kappa shape index (κ2) is 5.52. The molecule has 22 heavy (non-hydrogen) atoms. The zero-order valence-electron chi connectivity index (χ0n) is 12.4. The highest BCUT2D eigenvalue weighted by atomic mass is 16.5. The summed E-state index contributed by atoms with van der Waals surface area (Å²) in [7, 11) is 1.59. The molecule has 0 aliphatic heterocycles. The van der Waals surface area contributed by atoms with E-state index in [1.54, 1.807) is 18.6 Å². The lowest BCUT2D eigenvalue weighted by Gasteiger charge is -2.15. The molecule has 0 amide bonds. The van der Waals surface area contributed by atoms with Crippen molar-refractivity contribution in [3.63, 3.8) is 0 Å². The lowest BCUT2D eigenvalue weighted by Crippen LogP contribution is -2.16. The highest BCUT2D eigenvalue weighted by Crippen LogP contribution is 2.33. The Bertz CT molecular complexity index is 839. The average Bonchev–Trinajstić information content (AvgIpc) is 2.93. The Hall–Kier alpha value is -2.82. The molecule has 3 aromatic rings. The Morgan fingerprint density at radius 1 is 1.18 bits per heavy atom. The van der Waals surface area contributed by atoms with Crippen LogP contribution in [0.3, 0.4) is 0 Å². The highest BCUT2D eigenvalue weighted by Gasteiger charge is 2.23. The second-order valence-corrected chi connectivity index (χ2v) is 5.01. The molecule has 112 valence electrons. The predicted octanol–water partition coefficient (Wildman–Crippen LogP) is 3.36. The van der Waals surface area contributed by atoms with E-state index in [-0.39, 0.29) is 0 Å². The number of para-hydroxylation sites is 3. The molecule has 0 spiro atoms. The van der Waals surface area contributed by atoms with Gasteiger partial charge in [0.2, 0.25) is 0 Å². The predicted molar refractivity (Wildman–Crippen MR) is 84.1 cm³/mol. The first-order chi connectivity index (χ1) is 10.6. The van der Waals surface area contributed by atoms with E-state index in [1.165, 1.54) is 0 Å². The van der Waals surface area contributed by atoms with Gasteiger partial charge in [-0.15, -0.1) is 0 Å². The summed E-state index contributed by atoms with van der Waals surface area (Å²) in [5.41, 5.74) is 2.32. The maximum atomic E-state index is 11.5. The van der Waals surface area contributed by atoms with Crippen LogP contribution in [0, 0.1) is 0 Å². The molecule has 1 aromatic heterocycles. The molecule has 1 heterocycles. The van der Waals surface area contributed by atoms with E-state index in [0.29, 0.717) is 11.6 Å². The Labute approximate surface area is 127 Å². The van der Waals surface area contributed by atoms with Crippen molar-refractivity contribution in [2.24, 2.45) is 0 Å². The molecule has 3 rings (SSSR count). The summed E-state index contributed by atoms with van der Waals surface area (Å²) in [6, 6.07) is 14.3. The number of hydrogen-bond donors (Lipinski definition) is 1. The average molecular weight is 296 g/mol. The minimum Gasteiger partial charge on any atom is -0.496 e. The standard InChI is InChI=1S/C17H16N2O3/c1-11(17(20)21)19-14-9-5-4-8-13(14)18-16(19)12-7-3-6-10-15(12)22-2/h3-11H,1-2H3,(H,20,21). The third kappa shape index (κ3) is 2.20. The molecule has 1 unspecified atom stereocenters. The van der Waals surface area contributed by atoms with Gasteiger partial charge in [-0.25, -0.2) is 9.78 Å². The monoisotopic (exact) mass is 296 g/mol. The molecule has 0 saturated heterocycles. The van der Waals surface area contributed by atoms with E-state index in [9.17, 15) is 9.90 Å². The second-order valence-electron chi connectivity index (χ2n) is 5.01. The summed E-state index contributed by atoms with van der Waals surface area (Å²) < 4.78 is 7.12. The van der Waals surface area contributed by atoms with Gasteiger partial charge in [0.15, 0.2) is 0 Å². The van der Waals surface area contributed by atoms with Gasteiger partial charge in [-0.3, -0.25) is 0 Å². The fourth-order valence-corrected chi connectivity index (χ4v) is 2.57. The van der Waals surface area contributed by atoms with Crippen molar-refractivity contribution in [1.29, 1.82) is 0 Å². The Kier molecular flexibility index (Phi) is 3.55. The van der Waals surface area contributed by atoms with Crippen molar-refractivity contribution >= 4 is 17.0 Å². The van der Waals surface area contributed by atoms with Gasteiger partial charge < -0.3 is 14.4 Å². The van der Waals surface area contributed by atoms with Crippen LogP contribution in [0.2, 0.25) is 0 Å². The maximum Gasteiger partial charge on any atom is 0.326 e. The molecule has 0 aliphatic rings. The highest BCUT2D eigenvalue weighted by molar-refractivity contribution is 5.85. The van der Waals surface area contributed by atoms with E-state index < -0.39 is 12.0 Å². The van der Waals surface area contributed by atoms with Gasteiger partial charge in [0.25, 0.3) is 0 Å². The van der Waals surface area contributed by atoms with Gasteiger partial charge in [0.1, 0.15) is 17.6 Å². The molecule has 5 nitrogen and oxygen atoms in total. The summed E-state index contributed by atoms with van der Waals surface area (Å²) in [5.74, 6) is 0.351. The maximum absolute atomic E-state index is 11.5. The van der Waals surface area contributed by atoms with E-state index in [2.05, 4.69) is 4.98 Å². The number of rotatable bonds is 4. The Morgan fingerprint density at radius 3 is 2.59 bits per heavy atom.